The van der Waals surface area contributed by atoms with Crippen molar-refractivity contribution in [1.29, 1.82) is 0 Å². The number of nitrogens with zero attached hydrogens (tertiary/aromatic N) is 3. The first-order valence-corrected chi connectivity index (χ1v) is 10.4. The molecule has 0 bridgehead atoms. The largest absolute Gasteiger partial charge is 0.378 e. The van der Waals surface area contributed by atoms with Gasteiger partial charge in [0.1, 0.15) is 0 Å². The van der Waals surface area contributed by atoms with Crippen molar-refractivity contribution < 1.29 is 4.74 Å². The lowest BCUT2D eigenvalue weighted by molar-refractivity contribution is -0.168. The van der Waals surface area contributed by atoms with Crippen LogP contribution in [0.25, 0.3) is 5.69 Å². The summed E-state index contributed by atoms with van der Waals surface area (Å²) in [6, 6.07) is 11.0. The second-order valence-corrected chi connectivity index (χ2v) is 7.83. The zero-order valence-electron chi connectivity index (χ0n) is 16.9. The molecule has 2 N–H and O–H groups in total. The van der Waals surface area contributed by atoms with Gasteiger partial charge in [0.05, 0.1) is 11.8 Å². The van der Waals surface area contributed by atoms with Crippen LogP contribution in [0.2, 0.25) is 0 Å². The van der Waals surface area contributed by atoms with Gasteiger partial charge in [0, 0.05) is 44.0 Å². The molecule has 0 radical (unpaired) electrons. The normalized spacial score (nSPS) is 23.1. The van der Waals surface area contributed by atoms with E-state index < -0.39 is 0 Å². The third-order valence-electron chi connectivity index (χ3n) is 6.38. The molecule has 150 valence electrons. The molecule has 1 heterocycles. The molecule has 1 spiro atoms. The van der Waals surface area contributed by atoms with E-state index in [1.807, 2.05) is 24.0 Å². The zero-order valence-corrected chi connectivity index (χ0v) is 16.9. The quantitative estimate of drug-likeness (QED) is 0.572. The average Bonchev–Trinajstić information content (AvgIpc) is 3.19. The van der Waals surface area contributed by atoms with E-state index in [4.69, 9.17) is 4.74 Å². The summed E-state index contributed by atoms with van der Waals surface area (Å²) in [6.45, 7) is 3.76. The van der Waals surface area contributed by atoms with Gasteiger partial charge in [0.15, 0.2) is 5.96 Å². The van der Waals surface area contributed by atoms with Crippen LogP contribution in [0.5, 0.6) is 0 Å². The number of aromatic nitrogens is 2. The van der Waals surface area contributed by atoms with Crippen LogP contribution in [-0.2, 0) is 11.2 Å². The molecule has 2 saturated carbocycles. The predicted octanol–water partition coefficient (Wildman–Crippen LogP) is 2.93. The molecule has 4 rings (SSSR count). The molecule has 2 atom stereocenters. The second kappa shape index (κ2) is 8.35. The van der Waals surface area contributed by atoms with Crippen LogP contribution < -0.4 is 10.6 Å². The van der Waals surface area contributed by atoms with Crippen LogP contribution in [0.3, 0.4) is 0 Å². The molecule has 0 amide bonds. The van der Waals surface area contributed by atoms with E-state index >= 15 is 0 Å². The van der Waals surface area contributed by atoms with Gasteiger partial charge >= 0.3 is 0 Å². The first-order valence-electron chi connectivity index (χ1n) is 10.4. The molecule has 1 aromatic carbocycles. The molecule has 0 saturated heterocycles. The summed E-state index contributed by atoms with van der Waals surface area (Å²) in [6.07, 6.45) is 10.1. The summed E-state index contributed by atoms with van der Waals surface area (Å²) in [5, 5.41) is 11.4. The minimum Gasteiger partial charge on any atom is -0.378 e. The molecule has 2 aromatic rings. The van der Waals surface area contributed by atoms with Gasteiger partial charge in [-0.1, -0.05) is 18.6 Å². The lowest BCUT2D eigenvalue weighted by atomic mass is 9.51. The van der Waals surface area contributed by atoms with E-state index in [0.29, 0.717) is 17.6 Å². The molecular formula is C22H31N5O. The van der Waals surface area contributed by atoms with Crippen molar-refractivity contribution in [3.8, 4) is 5.69 Å². The van der Waals surface area contributed by atoms with E-state index in [0.717, 1.165) is 37.6 Å². The highest BCUT2D eigenvalue weighted by Crippen LogP contribution is 2.57. The van der Waals surface area contributed by atoms with Crippen molar-refractivity contribution in [1.82, 2.24) is 20.4 Å². The number of ether oxygens (including phenoxy) is 1. The van der Waals surface area contributed by atoms with Crippen LogP contribution in [-0.4, -0.2) is 48.1 Å². The van der Waals surface area contributed by atoms with Crippen molar-refractivity contribution in [3.63, 3.8) is 0 Å². The van der Waals surface area contributed by atoms with Crippen LogP contribution in [0.15, 0.2) is 47.7 Å². The van der Waals surface area contributed by atoms with Gasteiger partial charge in [0.2, 0.25) is 0 Å². The topological polar surface area (TPSA) is 63.5 Å². The Morgan fingerprint density at radius 2 is 2.14 bits per heavy atom. The number of aliphatic imine (C=N–C) groups is 1. The van der Waals surface area contributed by atoms with Crippen molar-refractivity contribution >= 4 is 5.96 Å². The van der Waals surface area contributed by atoms with Crippen molar-refractivity contribution in [2.24, 2.45) is 10.4 Å². The summed E-state index contributed by atoms with van der Waals surface area (Å²) in [7, 11) is 1.85. The Kier molecular flexibility index (Phi) is 5.67. The molecule has 1 aromatic heterocycles. The average molecular weight is 382 g/mol. The summed E-state index contributed by atoms with van der Waals surface area (Å²) in [4.78, 5) is 4.43. The highest BCUT2D eigenvalue weighted by molar-refractivity contribution is 5.80. The van der Waals surface area contributed by atoms with Crippen molar-refractivity contribution in [3.05, 3.63) is 48.3 Å². The number of nitrogens with one attached hydrogen (secondary N) is 2. The van der Waals surface area contributed by atoms with Gasteiger partial charge in [-0.3, -0.25) is 4.99 Å². The number of hydrogen-bond acceptors (Lipinski definition) is 3. The summed E-state index contributed by atoms with van der Waals surface area (Å²) in [5.41, 5.74) is 2.73. The molecule has 0 aliphatic heterocycles. The molecular weight excluding hydrogens is 350 g/mol. The lowest BCUT2D eigenvalue weighted by Gasteiger charge is -2.61. The van der Waals surface area contributed by atoms with Gasteiger partial charge in [-0.15, -0.1) is 0 Å². The van der Waals surface area contributed by atoms with Gasteiger partial charge in [0.25, 0.3) is 0 Å². The fourth-order valence-electron chi connectivity index (χ4n) is 4.56. The smallest absolute Gasteiger partial charge is 0.191 e. The van der Waals surface area contributed by atoms with E-state index in [-0.39, 0.29) is 0 Å². The summed E-state index contributed by atoms with van der Waals surface area (Å²) >= 11 is 0. The summed E-state index contributed by atoms with van der Waals surface area (Å²) in [5.74, 6) is 0.902. The molecule has 2 aliphatic rings. The monoisotopic (exact) mass is 381 g/mol. The first kappa shape index (κ1) is 19.0. The Morgan fingerprint density at radius 3 is 2.75 bits per heavy atom. The Balaban J connectivity index is 1.25. The maximum absolute atomic E-state index is 5.95. The molecule has 2 unspecified atom stereocenters. The van der Waals surface area contributed by atoms with Gasteiger partial charge in [-0.25, -0.2) is 4.68 Å². The third kappa shape index (κ3) is 3.65. The van der Waals surface area contributed by atoms with Crippen LogP contribution in [0.4, 0.5) is 0 Å². The number of benzene rings is 1. The van der Waals surface area contributed by atoms with Crippen molar-refractivity contribution in [2.45, 2.75) is 51.2 Å². The zero-order chi connectivity index (χ0) is 19.4. The Bertz CT molecular complexity index is 780. The predicted molar refractivity (Wildman–Crippen MR) is 112 cm³/mol. The minimum absolute atomic E-state index is 0.343. The molecule has 28 heavy (non-hydrogen) atoms. The maximum atomic E-state index is 5.95. The van der Waals surface area contributed by atoms with Gasteiger partial charge in [-0.2, -0.15) is 5.10 Å². The minimum atomic E-state index is 0.343. The molecule has 2 aliphatic carbocycles. The van der Waals surface area contributed by atoms with Gasteiger partial charge < -0.3 is 15.4 Å². The Hall–Kier alpha value is -2.34. The number of guanidine groups is 1. The standard InChI is InChI=1S/C22H31N5O/c1-3-28-20-16-19(22(20)11-4-12-22)26-21(23-2)24-14-10-17-6-8-18(9-7-17)27-15-5-13-25-27/h5-9,13,15,19-20H,3-4,10-12,14,16H2,1-2H3,(H2,23,24,26). The van der Waals surface area contributed by atoms with Crippen molar-refractivity contribution in [2.75, 3.05) is 20.2 Å². The fraction of sp³-hybridized carbons (Fsp3) is 0.545. The third-order valence-corrected chi connectivity index (χ3v) is 6.38. The Morgan fingerprint density at radius 1 is 1.32 bits per heavy atom. The Labute approximate surface area is 167 Å². The second-order valence-electron chi connectivity index (χ2n) is 7.83. The number of rotatable bonds is 7. The van der Waals surface area contributed by atoms with E-state index in [9.17, 15) is 0 Å². The SMILES string of the molecule is CCOC1CC(NC(=NC)NCCc2ccc(-n3cccn3)cc2)C12CCC2. The van der Waals surface area contributed by atoms with Crippen LogP contribution in [0, 0.1) is 5.41 Å². The fourth-order valence-corrected chi connectivity index (χ4v) is 4.56. The van der Waals surface area contributed by atoms with E-state index in [2.05, 4.69) is 51.9 Å². The highest BCUT2D eigenvalue weighted by atomic mass is 16.5. The molecule has 6 nitrogen and oxygen atoms in total. The highest BCUT2D eigenvalue weighted by Gasteiger charge is 2.59. The van der Waals surface area contributed by atoms with E-state index in [1.54, 1.807) is 6.20 Å². The first-order chi connectivity index (χ1) is 13.7. The molecule has 6 heteroatoms. The lowest BCUT2D eigenvalue weighted by Crippen LogP contribution is -2.68. The summed E-state index contributed by atoms with van der Waals surface area (Å²) < 4.78 is 7.82. The van der Waals surface area contributed by atoms with Crippen LogP contribution in [0.1, 0.15) is 38.2 Å². The van der Waals surface area contributed by atoms with Crippen LogP contribution >= 0.6 is 0 Å². The maximum Gasteiger partial charge on any atom is 0.191 e. The van der Waals surface area contributed by atoms with Gasteiger partial charge in [-0.05, 0) is 56.4 Å². The molecule has 2 fully saturated rings. The van der Waals surface area contributed by atoms with E-state index in [1.165, 1.54) is 24.8 Å². The number of hydrogen-bond donors (Lipinski definition) is 2.